The molecule has 0 aromatic heterocycles. The molecule has 2 aromatic rings. The van der Waals surface area contributed by atoms with Crippen LogP contribution in [0.25, 0.3) is 11.1 Å². The molecule has 0 amide bonds. The third-order valence-corrected chi connectivity index (χ3v) is 4.96. The van der Waals surface area contributed by atoms with Gasteiger partial charge in [-0.2, -0.15) is 0 Å². The predicted molar refractivity (Wildman–Crippen MR) is 101 cm³/mol. The van der Waals surface area contributed by atoms with Gasteiger partial charge in [0.05, 0.1) is 20.3 Å². The van der Waals surface area contributed by atoms with Gasteiger partial charge in [0.2, 0.25) is 5.75 Å². The molecule has 27 heavy (non-hydrogen) atoms. The maximum atomic E-state index is 12.5. The Morgan fingerprint density at radius 1 is 1.00 bits per heavy atom. The molecule has 4 bridgehead atoms. The van der Waals surface area contributed by atoms with Crippen molar-refractivity contribution in [2.45, 2.75) is 38.2 Å². The van der Waals surface area contributed by atoms with Crippen molar-refractivity contribution >= 4 is 5.78 Å². The minimum atomic E-state index is -0.712. The number of benzene rings is 2. The van der Waals surface area contributed by atoms with Crippen LogP contribution in [0.4, 0.5) is 0 Å². The number of aromatic hydroxyl groups is 2. The van der Waals surface area contributed by atoms with Crippen LogP contribution < -0.4 is 9.47 Å². The fraction of sp³-hybridized carbons (Fsp3) is 0.381. The van der Waals surface area contributed by atoms with Gasteiger partial charge < -0.3 is 24.8 Å². The molecule has 0 radical (unpaired) electrons. The number of fused-ring (bicyclic) bond motifs is 5. The van der Waals surface area contributed by atoms with Crippen LogP contribution in [0.1, 0.15) is 41.6 Å². The van der Waals surface area contributed by atoms with Gasteiger partial charge in [0.1, 0.15) is 5.75 Å². The van der Waals surface area contributed by atoms with Crippen molar-refractivity contribution in [3.8, 4) is 34.1 Å². The van der Waals surface area contributed by atoms with E-state index >= 15 is 0 Å². The number of rotatable bonds is 2. The monoisotopic (exact) mass is 372 g/mol. The van der Waals surface area contributed by atoms with Gasteiger partial charge in [0, 0.05) is 23.1 Å². The lowest BCUT2D eigenvalue weighted by atomic mass is 9.95. The molecule has 0 unspecified atom stereocenters. The lowest BCUT2D eigenvalue weighted by Crippen LogP contribution is -2.13. The summed E-state index contributed by atoms with van der Waals surface area (Å²) < 4.78 is 10.8. The summed E-state index contributed by atoms with van der Waals surface area (Å²) in [7, 11) is 2.90. The highest BCUT2D eigenvalue weighted by molar-refractivity contribution is 5.98. The minimum Gasteiger partial charge on any atom is -0.507 e. The molecule has 0 saturated heterocycles. The molecule has 0 heterocycles. The Kier molecular flexibility index (Phi) is 5.56. The fourth-order valence-electron chi connectivity index (χ4n) is 3.52. The lowest BCUT2D eigenvalue weighted by molar-refractivity contribution is 0.0864. The number of aliphatic hydroxyl groups excluding tert-OH is 1. The van der Waals surface area contributed by atoms with Gasteiger partial charge in [-0.3, -0.25) is 4.79 Å². The van der Waals surface area contributed by atoms with Gasteiger partial charge in [-0.15, -0.1) is 0 Å². The number of phenolic OH excluding ortho intramolecular Hbond substituents is 2. The van der Waals surface area contributed by atoms with Gasteiger partial charge in [0.25, 0.3) is 0 Å². The van der Waals surface area contributed by atoms with Gasteiger partial charge >= 0.3 is 0 Å². The Labute approximate surface area is 158 Å². The van der Waals surface area contributed by atoms with E-state index in [0.717, 1.165) is 12.8 Å². The van der Waals surface area contributed by atoms with Crippen LogP contribution in [-0.4, -0.2) is 41.4 Å². The Morgan fingerprint density at radius 3 is 2.44 bits per heavy atom. The molecule has 0 aliphatic heterocycles. The summed E-state index contributed by atoms with van der Waals surface area (Å²) >= 11 is 0. The van der Waals surface area contributed by atoms with Gasteiger partial charge in [0.15, 0.2) is 17.3 Å². The quantitative estimate of drug-likeness (QED) is 0.747. The molecule has 3 N–H and O–H groups in total. The number of methoxy groups -OCH3 is 2. The molecule has 1 atom stereocenters. The number of Topliss-reactive ketones (excluding diaryl/α,β-unsaturated/α-hetero) is 1. The Balaban J connectivity index is 2.27. The highest BCUT2D eigenvalue weighted by Gasteiger charge is 2.24. The molecule has 2 aromatic carbocycles. The van der Waals surface area contributed by atoms with E-state index in [1.54, 1.807) is 18.2 Å². The van der Waals surface area contributed by atoms with E-state index in [1.165, 1.54) is 20.3 Å². The molecular formula is C21H24O6. The Bertz CT molecular complexity index is 858. The third kappa shape index (κ3) is 3.71. The van der Waals surface area contributed by atoms with E-state index < -0.39 is 6.10 Å². The fourth-order valence-corrected chi connectivity index (χ4v) is 3.52. The van der Waals surface area contributed by atoms with Crippen LogP contribution in [0.3, 0.4) is 0 Å². The zero-order chi connectivity index (χ0) is 19.6. The van der Waals surface area contributed by atoms with Gasteiger partial charge in [-0.05, 0) is 49.1 Å². The van der Waals surface area contributed by atoms with Crippen LogP contribution in [-0.2, 0) is 6.42 Å². The normalized spacial score (nSPS) is 17.4. The van der Waals surface area contributed by atoms with E-state index in [2.05, 4.69) is 0 Å². The Hall–Kier alpha value is -2.73. The number of aliphatic hydroxyl groups is 1. The summed E-state index contributed by atoms with van der Waals surface area (Å²) in [6.07, 6.45) is 1.86. The number of ether oxygens (including phenoxy) is 2. The first-order chi connectivity index (χ1) is 13.0. The largest absolute Gasteiger partial charge is 0.507 e. The van der Waals surface area contributed by atoms with Gasteiger partial charge in [-0.25, -0.2) is 0 Å². The van der Waals surface area contributed by atoms with Crippen LogP contribution >= 0.6 is 0 Å². The number of aryl methyl sites for hydroxylation is 1. The number of carbonyl (C=O) groups is 1. The zero-order valence-corrected chi connectivity index (χ0v) is 15.5. The van der Waals surface area contributed by atoms with E-state index in [1.807, 2.05) is 0 Å². The zero-order valence-electron chi connectivity index (χ0n) is 15.5. The second kappa shape index (κ2) is 7.88. The molecular weight excluding hydrogens is 348 g/mol. The second-order valence-corrected chi connectivity index (χ2v) is 6.76. The average Bonchev–Trinajstić information content (AvgIpc) is 2.66. The van der Waals surface area contributed by atoms with Crippen molar-refractivity contribution < 1.29 is 29.6 Å². The van der Waals surface area contributed by atoms with Crippen LogP contribution in [0, 0.1) is 0 Å². The summed E-state index contributed by atoms with van der Waals surface area (Å²) in [5.41, 5.74) is 2.00. The number of hydrogen-bond acceptors (Lipinski definition) is 6. The van der Waals surface area contributed by atoms with Crippen LogP contribution in [0.5, 0.6) is 23.0 Å². The SMILES string of the molecule is COc1c2cc(c(O)c1OC)CCCC[C@H](O)CC(=O)c1ccc(O)c-2c1. The molecule has 6 heteroatoms. The van der Waals surface area contributed by atoms with Crippen molar-refractivity contribution in [2.75, 3.05) is 14.2 Å². The molecule has 3 rings (SSSR count). The number of carbonyl (C=O) groups excluding carboxylic acids is 1. The molecule has 0 saturated carbocycles. The highest BCUT2D eigenvalue weighted by atomic mass is 16.5. The third-order valence-electron chi connectivity index (χ3n) is 4.96. The standard InChI is InChI=1S/C21H24O6/c1-26-20-16-10-13(19(25)21(20)27-2)5-3-4-6-14(22)11-18(24)12-7-8-17(23)15(16)9-12/h7-10,14,22-23,25H,3-6,11H2,1-2H3/t14-/m0/s1. The van der Waals surface area contributed by atoms with Crippen molar-refractivity contribution in [2.24, 2.45) is 0 Å². The van der Waals surface area contributed by atoms with Crippen LogP contribution in [0.15, 0.2) is 24.3 Å². The van der Waals surface area contributed by atoms with E-state index in [-0.39, 0.29) is 35.2 Å². The summed E-state index contributed by atoms with van der Waals surface area (Å²) in [5.74, 6) is 0.275. The first kappa shape index (κ1) is 19.0. The maximum absolute atomic E-state index is 12.5. The van der Waals surface area contributed by atoms with Crippen LogP contribution in [0.2, 0.25) is 0 Å². The summed E-state index contributed by atoms with van der Waals surface area (Å²) in [6.45, 7) is 0. The first-order valence-electron chi connectivity index (χ1n) is 8.97. The minimum absolute atomic E-state index is 0.000223. The summed E-state index contributed by atoms with van der Waals surface area (Å²) in [6, 6.07) is 6.33. The predicted octanol–water partition coefficient (Wildman–Crippen LogP) is 3.44. The lowest BCUT2D eigenvalue weighted by Gasteiger charge is -2.18. The molecule has 144 valence electrons. The number of ketones is 1. The molecule has 1 aliphatic rings. The molecule has 1 aliphatic carbocycles. The van der Waals surface area contributed by atoms with Crippen molar-refractivity contribution in [1.82, 2.24) is 0 Å². The number of phenols is 2. The number of hydrogen-bond donors (Lipinski definition) is 3. The maximum Gasteiger partial charge on any atom is 0.203 e. The average molecular weight is 372 g/mol. The topological polar surface area (TPSA) is 96.2 Å². The Morgan fingerprint density at radius 2 is 1.74 bits per heavy atom. The van der Waals surface area contributed by atoms with E-state index in [4.69, 9.17) is 9.47 Å². The van der Waals surface area contributed by atoms with Gasteiger partial charge in [-0.1, -0.05) is 6.42 Å². The van der Waals surface area contributed by atoms with E-state index in [0.29, 0.717) is 35.1 Å². The summed E-state index contributed by atoms with van der Waals surface area (Å²) in [5, 5.41) is 31.1. The van der Waals surface area contributed by atoms with E-state index in [9.17, 15) is 20.1 Å². The smallest absolute Gasteiger partial charge is 0.203 e. The van der Waals surface area contributed by atoms with Crippen molar-refractivity contribution in [3.05, 3.63) is 35.4 Å². The first-order valence-corrected chi connectivity index (χ1v) is 8.97. The van der Waals surface area contributed by atoms with Crippen molar-refractivity contribution in [3.63, 3.8) is 0 Å². The summed E-state index contributed by atoms with van der Waals surface area (Å²) in [4.78, 5) is 12.5. The molecule has 0 spiro atoms. The second-order valence-electron chi connectivity index (χ2n) is 6.76. The highest BCUT2D eigenvalue weighted by Crippen LogP contribution is 2.48. The molecule has 6 nitrogen and oxygen atoms in total. The van der Waals surface area contributed by atoms with Crippen molar-refractivity contribution in [1.29, 1.82) is 0 Å². The molecule has 0 fully saturated rings.